The van der Waals surface area contributed by atoms with Crippen molar-refractivity contribution in [2.24, 2.45) is 0 Å². The largest absolute Gasteiger partial charge is 0.478 e. The van der Waals surface area contributed by atoms with Gasteiger partial charge in [-0.2, -0.15) is 0 Å². The standard InChI is InChI=1S/C25H22ClNO5/c1-25(2,3)16-7-4-14(5-8-16)23(28)27-20-12-19(26)17(11-18(20)24(29)30)15-6-9-21-22(10-15)32-13-31-21/h4-12H,13H2,1-3H3,(H,27,28)(H,29,30). The summed E-state index contributed by atoms with van der Waals surface area (Å²) in [4.78, 5) is 24.7. The van der Waals surface area contributed by atoms with Crippen molar-refractivity contribution in [2.45, 2.75) is 26.2 Å². The van der Waals surface area contributed by atoms with Crippen LogP contribution in [0.2, 0.25) is 5.02 Å². The zero-order chi connectivity index (χ0) is 23.0. The van der Waals surface area contributed by atoms with Gasteiger partial charge in [0.15, 0.2) is 11.5 Å². The van der Waals surface area contributed by atoms with Crippen LogP contribution in [-0.4, -0.2) is 23.8 Å². The van der Waals surface area contributed by atoms with E-state index in [9.17, 15) is 14.7 Å². The molecule has 0 aliphatic carbocycles. The molecular weight excluding hydrogens is 430 g/mol. The Balaban J connectivity index is 1.65. The molecule has 0 spiro atoms. The molecule has 4 rings (SSSR count). The summed E-state index contributed by atoms with van der Waals surface area (Å²) in [6.07, 6.45) is 0. The van der Waals surface area contributed by atoms with Crippen LogP contribution in [0.15, 0.2) is 54.6 Å². The van der Waals surface area contributed by atoms with Crippen molar-refractivity contribution in [1.82, 2.24) is 0 Å². The molecule has 0 bridgehead atoms. The zero-order valence-corrected chi connectivity index (χ0v) is 18.6. The Hall–Kier alpha value is -3.51. The van der Waals surface area contributed by atoms with Gasteiger partial charge in [-0.05, 0) is 52.9 Å². The summed E-state index contributed by atoms with van der Waals surface area (Å²) in [7, 11) is 0. The van der Waals surface area contributed by atoms with Gasteiger partial charge in [0, 0.05) is 11.1 Å². The number of hydrogen-bond acceptors (Lipinski definition) is 4. The summed E-state index contributed by atoms with van der Waals surface area (Å²) in [5.41, 5.74) is 2.72. The topological polar surface area (TPSA) is 84.9 Å². The third-order valence-electron chi connectivity index (χ3n) is 5.28. The highest BCUT2D eigenvalue weighted by Gasteiger charge is 2.20. The van der Waals surface area contributed by atoms with Crippen molar-refractivity contribution < 1.29 is 24.2 Å². The maximum absolute atomic E-state index is 12.8. The highest BCUT2D eigenvalue weighted by Crippen LogP contribution is 2.39. The van der Waals surface area contributed by atoms with Gasteiger partial charge in [0.1, 0.15) is 0 Å². The molecule has 2 N–H and O–H groups in total. The number of anilines is 1. The second kappa shape index (κ2) is 8.20. The van der Waals surface area contributed by atoms with Gasteiger partial charge in [-0.25, -0.2) is 4.79 Å². The molecule has 6 nitrogen and oxygen atoms in total. The average molecular weight is 452 g/mol. The van der Waals surface area contributed by atoms with E-state index in [4.69, 9.17) is 21.1 Å². The first-order valence-corrected chi connectivity index (χ1v) is 10.4. The summed E-state index contributed by atoms with van der Waals surface area (Å²) in [6, 6.07) is 15.4. The number of carboxylic acid groups (broad SMARTS) is 1. The van der Waals surface area contributed by atoms with E-state index >= 15 is 0 Å². The number of halogens is 1. The fourth-order valence-electron chi connectivity index (χ4n) is 3.45. The lowest BCUT2D eigenvalue weighted by atomic mass is 9.86. The van der Waals surface area contributed by atoms with Gasteiger partial charge in [-0.3, -0.25) is 4.79 Å². The van der Waals surface area contributed by atoms with Crippen molar-refractivity contribution in [3.8, 4) is 22.6 Å². The third kappa shape index (κ3) is 4.27. The summed E-state index contributed by atoms with van der Waals surface area (Å²) in [5.74, 6) is -0.418. The molecule has 32 heavy (non-hydrogen) atoms. The molecule has 1 aliphatic heterocycles. The third-order valence-corrected chi connectivity index (χ3v) is 5.60. The maximum Gasteiger partial charge on any atom is 0.337 e. The fraction of sp³-hybridized carbons (Fsp3) is 0.200. The molecule has 0 fully saturated rings. The predicted molar refractivity (Wildman–Crippen MR) is 123 cm³/mol. The minimum atomic E-state index is -1.18. The number of amides is 1. The van der Waals surface area contributed by atoms with Gasteiger partial charge in [0.05, 0.1) is 16.3 Å². The Morgan fingerprint density at radius 3 is 2.31 bits per heavy atom. The van der Waals surface area contributed by atoms with Crippen LogP contribution < -0.4 is 14.8 Å². The first kappa shape index (κ1) is 21.7. The zero-order valence-electron chi connectivity index (χ0n) is 17.9. The lowest BCUT2D eigenvalue weighted by Crippen LogP contribution is -2.16. The van der Waals surface area contributed by atoms with Gasteiger partial charge in [-0.1, -0.05) is 50.6 Å². The Morgan fingerprint density at radius 2 is 1.66 bits per heavy atom. The van der Waals surface area contributed by atoms with E-state index in [0.29, 0.717) is 33.2 Å². The summed E-state index contributed by atoms with van der Waals surface area (Å²) in [6.45, 7) is 6.40. The van der Waals surface area contributed by atoms with E-state index < -0.39 is 11.9 Å². The molecular formula is C25H22ClNO5. The van der Waals surface area contributed by atoms with Gasteiger partial charge in [0.2, 0.25) is 6.79 Å². The molecule has 0 radical (unpaired) electrons. The predicted octanol–water partition coefficient (Wildman–Crippen LogP) is 5.98. The Morgan fingerprint density at radius 1 is 0.969 bits per heavy atom. The minimum Gasteiger partial charge on any atom is -0.478 e. The number of benzene rings is 3. The lowest BCUT2D eigenvalue weighted by Gasteiger charge is -2.19. The van der Waals surface area contributed by atoms with Crippen molar-refractivity contribution in [1.29, 1.82) is 0 Å². The van der Waals surface area contributed by atoms with E-state index in [1.165, 1.54) is 12.1 Å². The normalized spacial score (nSPS) is 12.5. The number of rotatable bonds is 4. The van der Waals surface area contributed by atoms with Crippen LogP contribution >= 0.6 is 11.6 Å². The van der Waals surface area contributed by atoms with Crippen molar-refractivity contribution in [3.63, 3.8) is 0 Å². The van der Waals surface area contributed by atoms with E-state index in [0.717, 1.165) is 5.56 Å². The first-order chi connectivity index (χ1) is 15.1. The number of carbonyl (C=O) groups is 2. The summed E-state index contributed by atoms with van der Waals surface area (Å²) >= 11 is 6.48. The molecule has 1 aliphatic rings. The van der Waals surface area contributed by atoms with Crippen molar-refractivity contribution >= 4 is 29.2 Å². The molecule has 0 saturated carbocycles. The molecule has 1 amide bonds. The van der Waals surface area contributed by atoms with Crippen LogP contribution in [0.4, 0.5) is 5.69 Å². The molecule has 3 aromatic carbocycles. The number of nitrogens with one attached hydrogen (secondary N) is 1. The van der Waals surface area contributed by atoms with E-state index in [-0.39, 0.29) is 23.5 Å². The number of hydrogen-bond donors (Lipinski definition) is 2. The monoisotopic (exact) mass is 451 g/mol. The van der Waals surface area contributed by atoms with Gasteiger partial charge in [0.25, 0.3) is 5.91 Å². The van der Waals surface area contributed by atoms with E-state index in [2.05, 4.69) is 26.1 Å². The van der Waals surface area contributed by atoms with Crippen LogP contribution in [-0.2, 0) is 5.41 Å². The second-order valence-corrected chi connectivity index (χ2v) is 8.94. The van der Waals surface area contributed by atoms with E-state index in [1.54, 1.807) is 30.3 Å². The maximum atomic E-state index is 12.8. The van der Waals surface area contributed by atoms with Crippen LogP contribution in [0.1, 0.15) is 47.1 Å². The first-order valence-electron chi connectivity index (χ1n) is 10.0. The van der Waals surface area contributed by atoms with Crippen LogP contribution in [0, 0.1) is 0 Å². The fourth-order valence-corrected chi connectivity index (χ4v) is 3.73. The number of carbonyl (C=O) groups excluding carboxylic acids is 1. The van der Waals surface area contributed by atoms with Crippen LogP contribution in [0.3, 0.4) is 0 Å². The van der Waals surface area contributed by atoms with Crippen molar-refractivity contribution in [3.05, 3.63) is 76.3 Å². The van der Waals surface area contributed by atoms with Gasteiger partial charge >= 0.3 is 5.97 Å². The number of ether oxygens (including phenoxy) is 2. The second-order valence-electron chi connectivity index (χ2n) is 8.53. The number of fused-ring (bicyclic) bond motifs is 1. The van der Waals surface area contributed by atoms with Gasteiger partial charge in [-0.15, -0.1) is 0 Å². The Bertz CT molecular complexity index is 1210. The molecule has 3 aromatic rings. The van der Waals surface area contributed by atoms with E-state index in [1.807, 2.05) is 12.1 Å². The Labute approximate surface area is 190 Å². The van der Waals surface area contributed by atoms with Gasteiger partial charge < -0.3 is 19.9 Å². The number of carboxylic acids is 1. The molecule has 7 heteroatoms. The molecule has 0 unspecified atom stereocenters. The van der Waals surface area contributed by atoms with Crippen LogP contribution in [0.25, 0.3) is 11.1 Å². The average Bonchev–Trinajstić information content (AvgIpc) is 3.21. The highest BCUT2D eigenvalue weighted by atomic mass is 35.5. The summed E-state index contributed by atoms with van der Waals surface area (Å²) < 4.78 is 10.7. The molecule has 164 valence electrons. The SMILES string of the molecule is CC(C)(C)c1ccc(C(=O)Nc2cc(Cl)c(-c3ccc4c(c3)OCO4)cc2C(=O)O)cc1. The van der Waals surface area contributed by atoms with Crippen LogP contribution in [0.5, 0.6) is 11.5 Å². The lowest BCUT2D eigenvalue weighted by molar-refractivity contribution is 0.0698. The molecule has 1 heterocycles. The van der Waals surface area contributed by atoms with Crippen molar-refractivity contribution in [2.75, 3.05) is 12.1 Å². The number of aromatic carboxylic acids is 1. The smallest absolute Gasteiger partial charge is 0.337 e. The molecule has 0 atom stereocenters. The highest BCUT2D eigenvalue weighted by molar-refractivity contribution is 6.34. The minimum absolute atomic E-state index is 0.0381. The quantitative estimate of drug-likeness (QED) is 0.509. The summed E-state index contributed by atoms with van der Waals surface area (Å²) in [5, 5.41) is 12.7. The molecule has 0 aromatic heterocycles. The molecule has 0 saturated heterocycles. The Kier molecular flexibility index (Phi) is 5.57.